The van der Waals surface area contributed by atoms with E-state index < -0.39 is 6.04 Å². The summed E-state index contributed by atoms with van der Waals surface area (Å²) in [5.74, 6) is -0.839. The van der Waals surface area contributed by atoms with E-state index in [1.54, 1.807) is 12.1 Å². The standard InChI is InChI=1S/C20H24FN3O2/c1-12(2)18(22)20(26)23-13(3)14-6-10-17(11-7-14)24-19(25)15-4-8-16(21)9-5-15/h4-13,18H,22H2,1-3H3,(H,23,26)(H,24,25)/t13?,18-/m0/s1. The van der Waals surface area contributed by atoms with E-state index in [2.05, 4.69) is 10.6 Å². The number of hydrogen-bond donors (Lipinski definition) is 3. The molecule has 2 aromatic rings. The third kappa shape index (κ3) is 5.13. The van der Waals surface area contributed by atoms with Crippen molar-refractivity contribution in [2.75, 3.05) is 5.32 Å². The average molecular weight is 357 g/mol. The van der Waals surface area contributed by atoms with E-state index in [1.165, 1.54) is 24.3 Å². The van der Waals surface area contributed by atoms with Gasteiger partial charge in [-0.3, -0.25) is 9.59 Å². The van der Waals surface area contributed by atoms with E-state index in [9.17, 15) is 14.0 Å². The van der Waals surface area contributed by atoms with E-state index in [0.717, 1.165) is 5.56 Å². The number of nitrogens with two attached hydrogens (primary N) is 1. The molecule has 0 bridgehead atoms. The van der Waals surface area contributed by atoms with Crippen LogP contribution in [0.25, 0.3) is 0 Å². The van der Waals surface area contributed by atoms with Crippen molar-refractivity contribution in [2.24, 2.45) is 11.7 Å². The molecule has 2 rings (SSSR count). The normalized spacial score (nSPS) is 13.2. The summed E-state index contributed by atoms with van der Waals surface area (Å²) >= 11 is 0. The van der Waals surface area contributed by atoms with E-state index in [0.29, 0.717) is 11.3 Å². The third-order valence-corrected chi connectivity index (χ3v) is 4.15. The fourth-order valence-corrected chi connectivity index (χ4v) is 2.36. The first-order valence-electron chi connectivity index (χ1n) is 8.50. The number of anilines is 1. The summed E-state index contributed by atoms with van der Waals surface area (Å²) in [5.41, 5.74) is 7.73. The lowest BCUT2D eigenvalue weighted by molar-refractivity contribution is -0.123. The zero-order valence-corrected chi connectivity index (χ0v) is 15.1. The predicted molar refractivity (Wildman–Crippen MR) is 100 cm³/mol. The third-order valence-electron chi connectivity index (χ3n) is 4.15. The van der Waals surface area contributed by atoms with Crippen molar-refractivity contribution in [3.8, 4) is 0 Å². The molecule has 0 aliphatic rings. The van der Waals surface area contributed by atoms with Gasteiger partial charge in [-0.15, -0.1) is 0 Å². The van der Waals surface area contributed by atoms with Gasteiger partial charge in [0, 0.05) is 11.3 Å². The van der Waals surface area contributed by atoms with Crippen molar-refractivity contribution in [3.05, 3.63) is 65.5 Å². The SMILES string of the molecule is CC(NC(=O)[C@@H](N)C(C)C)c1ccc(NC(=O)c2ccc(F)cc2)cc1. The van der Waals surface area contributed by atoms with Crippen LogP contribution >= 0.6 is 0 Å². The molecule has 1 unspecified atom stereocenters. The number of benzene rings is 2. The molecule has 0 heterocycles. The molecule has 138 valence electrons. The van der Waals surface area contributed by atoms with E-state index in [4.69, 9.17) is 5.73 Å². The van der Waals surface area contributed by atoms with Crippen LogP contribution in [0, 0.1) is 11.7 Å². The number of halogens is 1. The van der Waals surface area contributed by atoms with Gasteiger partial charge in [0.25, 0.3) is 5.91 Å². The number of carbonyl (C=O) groups is 2. The molecule has 5 nitrogen and oxygen atoms in total. The van der Waals surface area contributed by atoms with Gasteiger partial charge in [-0.05, 0) is 54.8 Å². The molecule has 0 fully saturated rings. The van der Waals surface area contributed by atoms with Crippen LogP contribution in [0.15, 0.2) is 48.5 Å². The van der Waals surface area contributed by atoms with E-state index in [-0.39, 0.29) is 29.6 Å². The molecule has 0 aliphatic carbocycles. The molecular weight excluding hydrogens is 333 g/mol. The second-order valence-corrected chi connectivity index (χ2v) is 6.58. The maximum Gasteiger partial charge on any atom is 0.255 e. The predicted octanol–water partition coefficient (Wildman–Crippen LogP) is 3.24. The minimum absolute atomic E-state index is 0.0613. The van der Waals surface area contributed by atoms with Gasteiger partial charge < -0.3 is 16.4 Å². The Morgan fingerprint density at radius 2 is 1.54 bits per heavy atom. The smallest absolute Gasteiger partial charge is 0.255 e. The van der Waals surface area contributed by atoms with Crippen LogP contribution in [0.2, 0.25) is 0 Å². The highest BCUT2D eigenvalue weighted by molar-refractivity contribution is 6.04. The molecule has 2 amide bonds. The highest BCUT2D eigenvalue weighted by atomic mass is 19.1. The van der Waals surface area contributed by atoms with Crippen LogP contribution in [0.3, 0.4) is 0 Å². The summed E-state index contributed by atoms with van der Waals surface area (Å²) in [4.78, 5) is 24.2. The maximum absolute atomic E-state index is 12.9. The lowest BCUT2D eigenvalue weighted by atomic mass is 10.0. The van der Waals surface area contributed by atoms with Crippen molar-refractivity contribution >= 4 is 17.5 Å². The molecule has 0 saturated carbocycles. The Kier molecular flexibility index (Phi) is 6.46. The first-order valence-corrected chi connectivity index (χ1v) is 8.50. The number of amides is 2. The first-order chi connectivity index (χ1) is 12.3. The largest absolute Gasteiger partial charge is 0.348 e. The molecule has 2 atom stereocenters. The number of rotatable bonds is 6. The molecule has 26 heavy (non-hydrogen) atoms. The van der Waals surface area contributed by atoms with Crippen molar-refractivity contribution in [1.29, 1.82) is 0 Å². The number of carbonyl (C=O) groups excluding carboxylic acids is 2. The molecule has 6 heteroatoms. The van der Waals surface area contributed by atoms with Crippen molar-refractivity contribution in [1.82, 2.24) is 5.32 Å². The topological polar surface area (TPSA) is 84.2 Å². The van der Waals surface area contributed by atoms with Gasteiger partial charge in [0.15, 0.2) is 0 Å². The maximum atomic E-state index is 12.9. The van der Waals surface area contributed by atoms with Gasteiger partial charge in [-0.1, -0.05) is 26.0 Å². The van der Waals surface area contributed by atoms with Gasteiger partial charge in [0.05, 0.1) is 12.1 Å². The Morgan fingerprint density at radius 3 is 2.08 bits per heavy atom. The highest BCUT2D eigenvalue weighted by Gasteiger charge is 2.19. The van der Waals surface area contributed by atoms with Gasteiger partial charge >= 0.3 is 0 Å². The highest BCUT2D eigenvalue weighted by Crippen LogP contribution is 2.17. The summed E-state index contributed by atoms with van der Waals surface area (Å²) in [6.07, 6.45) is 0. The second-order valence-electron chi connectivity index (χ2n) is 6.58. The number of hydrogen-bond acceptors (Lipinski definition) is 3. The fraction of sp³-hybridized carbons (Fsp3) is 0.300. The summed E-state index contributed by atoms with van der Waals surface area (Å²) in [6.45, 7) is 5.66. The molecule has 0 saturated heterocycles. The van der Waals surface area contributed by atoms with Crippen LogP contribution < -0.4 is 16.4 Å². The zero-order chi connectivity index (χ0) is 19.3. The minimum atomic E-state index is -0.549. The lowest BCUT2D eigenvalue weighted by Crippen LogP contribution is -2.44. The van der Waals surface area contributed by atoms with Crippen LogP contribution in [0.4, 0.5) is 10.1 Å². The molecular formula is C20H24FN3O2. The summed E-state index contributed by atoms with van der Waals surface area (Å²) < 4.78 is 12.9. The van der Waals surface area contributed by atoms with E-state index >= 15 is 0 Å². The quantitative estimate of drug-likeness (QED) is 0.742. The van der Waals surface area contributed by atoms with Crippen molar-refractivity contribution in [3.63, 3.8) is 0 Å². The summed E-state index contributed by atoms with van der Waals surface area (Å²) in [7, 11) is 0. The van der Waals surface area contributed by atoms with Crippen LogP contribution in [-0.4, -0.2) is 17.9 Å². The molecule has 0 aromatic heterocycles. The Labute approximate surface area is 152 Å². The van der Waals surface area contributed by atoms with Gasteiger partial charge in [-0.25, -0.2) is 4.39 Å². The Balaban J connectivity index is 1.98. The monoisotopic (exact) mass is 357 g/mol. The Bertz CT molecular complexity index is 758. The van der Waals surface area contributed by atoms with Gasteiger partial charge in [-0.2, -0.15) is 0 Å². The Morgan fingerprint density at radius 1 is 0.962 bits per heavy atom. The van der Waals surface area contributed by atoms with Crippen LogP contribution in [-0.2, 0) is 4.79 Å². The Hall–Kier alpha value is -2.73. The molecule has 0 spiro atoms. The summed E-state index contributed by atoms with van der Waals surface area (Å²) in [5, 5.41) is 5.63. The fourth-order valence-electron chi connectivity index (χ4n) is 2.36. The minimum Gasteiger partial charge on any atom is -0.348 e. The molecule has 0 aliphatic heterocycles. The van der Waals surface area contributed by atoms with Crippen molar-refractivity contribution < 1.29 is 14.0 Å². The molecule has 2 aromatic carbocycles. The first kappa shape index (κ1) is 19.6. The average Bonchev–Trinajstić information content (AvgIpc) is 2.61. The van der Waals surface area contributed by atoms with Crippen molar-refractivity contribution in [2.45, 2.75) is 32.9 Å². The molecule has 4 N–H and O–H groups in total. The van der Waals surface area contributed by atoms with Gasteiger partial charge in [0.1, 0.15) is 5.82 Å². The van der Waals surface area contributed by atoms with Crippen LogP contribution in [0.5, 0.6) is 0 Å². The van der Waals surface area contributed by atoms with Gasteiger partial charge in [0.2, 0.25) is 5.91 Å². The second kappa shape index (κ2) is 8.58. The number of nitrogens with one attached hydrogen (secondary N) is 2. The summed E-state index contributed by atoms with van der Waals surface area (Å²) in [6, 6.07) is 11.7. The van der Waals surface area contributed by atoms with E-state index in [1.807, 2.05) is 32.9 Å². The zero-order valence-electron chi connectivity index (χ0n) is 15.1. The van der Waals surface area contributed by atoms with Crippen LogP contribution in [0.1, 0.15) is 42.7 Å². The molecule has 0 radical (unpaired) electrons. The lowest BCUT2D eigenvalue weighted by Gasteiger charge is -2.20.